The fourth-order valence-electron chi connectivity index (χ4n) is 5.49. The van der Waals surface area contributed by atoms with Crippen LogP contribution in [0.3, 0.4) is 0 Å². The molecule has 0 amide bonds. The molecule has 0 atom stereocenters. The van der Waals surface area contributed by atoms with Gasteiger partial charge in [0, 0.05) is 5.92 Å². The molecule has 0 aromatic carbocycles. The summed E-state index contributed by atoms with van der Waals surface area (Å²) in [7, 11) is 0. The van der Waals surface area contributed by atoms with Crippen LogP contribution in [0.1, 0.15) is 84.0 Å². The summed E-state index contributed by atoms with van der Waals surface area (Å²) in [6, 6.07) is 0. The zero-order valence-electron chi connectivity index (χ0n) is 22.8. The number of carbonyl (C=O) groups is 2. The maximum Gasteiger partial charge on any atom is 0.358 e. The van der Waals surface area contributed by atoms with E-state index in [0.717, 1.165) is 12.8 Å². The van der Waals surface area contributed by atoms with Crippen LogP contribution >= 0.6 is 0 Å². The number of esters is 2. The van der Waals surface area contributed by atoms with Gasteiger partial charge in [-0.15, -0.1) is 0 Å². The highest BCUT2D eigenvalue weighted by atomic mass is 19.3. The molecule has 2 saturated carbocycles. The number of halogens is 2. The lowest BCUT2D eigenvalue weighted by atomic mass is 9.75. The first-order chi connectivity index (χ1) is 18.1. The van der Waals surface area contributed by atoms with Crippen molar-refractivity contribution in [1.82, 2.24) is 0 Å². The molecule has 38 heavy (non-hydrogen) atoms. The summed E-state index contributed by atoms with van der Waals surface area (Å²) in [5.74, 6) is -2.36. The standard InChI is InChI=1S/C29H46F2O7/c1-4-5-6-7-22-8-14-26(15-9-22)38-29(30,31)25-12-10-23(11-13-25)24(18-36-27(34)20(2)16-32)19-37-28(35)21(3)17-33/h22-26,32-33H,2-19H2,1H3. The number of hydrogen-bond donors (Lipinski definition) is 2. The van der Waals surface area contributed by atoms with E-state index in [0.29, 0.717) is 31.6 Å². The quantitative estimate of drug-likeness (QED) is 0.154. The highest BCUT2D eigenvalue weighted by Crippen LogP contribution is 2.44. The van der Waals surface area contributed by atoms with Gasteiger partial charge in [-0.1, -0.05) is 45.8 Å². The van der Waals surface area contributed by atoms with Gasteiger partial charge in [0.05, 0.1) is 49.6 Å². The van der Waals surface area contributed by atoms with Crippen molar-refractivity contribution in [2.75, 3.05) is 26.4 Å². The molecule has 2 rings (SSSR count). The topological polar surface area (TPSA) is 102 Å². The van der Waals surface area contributed by atoms with Gasteiger partial charge >= 0.3 is 18.0 Å². The Morgan fingerprint density at radius 3 is 1.87 bits per heavy atom. The van der Waals surface area contributed by atoms with E-state index < -0.39 is 49.2 Å². The van der Waals surface area contributed by atoms with Gasteiger partial charge in [-0.2, -0.15) is 8.78 Å². The van der Waals surface area contributed by atoms with E-state index in [1.165, 1.54) is 25.7 Å². The number of hydrogen-bond acceptors (Lipinski definition) is 7. The molecular formula is C29H46F2O7. The first-order valence-electron chi connectivity index (χ1n) is 14.1. The molecule has 7 nitrogen and oxygen atoms in total. The number of unbranched alkanes of at least 4 members (excludes halogenated alkanes) is 2. The first-order valence-corrected chi connectivity index (χ1v) is 14.1. The van der Waals surface area contributed by atoms with Crippen molar-refractivity contribution in [2.24, 2.45) is 23.7 Å². The molecule has 0 bridgehead atoms. The summed E-state index contributed by atoms with van der Waals surface area (Å²) >= 11 is 0. The van der Waals surface area contributed by atoms with Gasteiger partial charge in [0.15, 0.2) is 0 Å². The molecular weight excluding hydrogens is 498 g/mol. The van der Waals surface area contributed by atoms with E-state index >= 15 is 8.78 Å². The molecule has 2 aliphatic rings. The number of aliphatic hydroxyl groups excluding tert-OH is 2. The maximum atomic E-state index is 15.1. The first kappa shape index (κ1) is 32.4. The Hall–Kier alpha value is -1.84. The van der Waals surface area contributed by atoms with Crippen LogP contribution in [0, 0.1) is 23.7 Å². The highest BCUT2D eigenvalue weighted by Gasteiger charge is 2.45. The number of rotatable bonds is 16. The summed E-state index contributed by atoms with van der Waals surface area (Å²) in [4.78, 5) is 23.9. The Bertz CT molecular complexity index is 737. The molecule has 2 fully saturated rings. The third-order valence-corrected chi connectivity index (χ3v) is 8.06. The van der Waals surface area contributed by atoms with Crippen LogP contribution in [0.2, 0.25) is 0 Å². The van der Waals surface area contributed by atoms with Gasteiger partial charge in [-0.3, -0.25) is 0 Å². The van der Waals surface area contributed by atoms with Crippen molar-refractivity contribution >= 4 is 11.9 Å². The fraction of sp³-hybridized carbons (Fsp3) is 0.793. The van der Waals surface area contributed by atoms with E-state index in [4.69, 9.17) is 24.4 Å². The third kappa shape index (κ3) is 10.4. The molecule has 0 spiro atoms. The second-order valence-corrected chi connectivity index (χ2v) is 10.9. The van der Waals surface area contributed by atoms with Gasteiger partial charge in [0.25, 0.3) is 0 Å². The van der Waals surface area contributed by atoms with Crippen LogP contribution in [-0.4, -0.2) is 60.8 Å². The van der Waals surface area contributed by atoms with Crippen LogP contribution in [0.5, 0.6) is 0 Å². The average Bonchev–Trinajstić information content (AvgIpc) is 2.92. The van der Waals surface area contributed by atoms with E-state index in [1.54, 1.807) is 0 Å². The van der Waals surface area contributed by atoms with Gasteiger partial charge in [0.2, 0.25) is 0 Å². The summed E-state index contributed by atoms with van der Waals surface area (Å²) in [5, 5.41) is 18.2. The van der Waals surface area contributed by atoms with Crippen LogP contribution in [0.25, 0.3) is 0 Å². The molecule has 218 valence electrons. The summed E-state index contributed by atoms with van der Waals surface area (Å²) < 4.78 is 46.0. The third-order valence-electron chi connectivity index (χ3n) is 8.06. The summed E-state index contributed by atoms with van der Waals surface area (Å²) in [6.45, 7) is 7.73. The average molecular weight is 545 g/mol. The lowest BCUT2D eigenvalue weighted by molar-refractivity contribution is -0.302. The predicted molar refractivity (Wildman–Crippen MR) is 139 cm³/mol. The second-order valence-electron chi connectivity index (χ2n) is 10.9. The monoisotopic (exact) mass is 544 g/mol. The normalized spacial score (nSPS) is 24.2. The van der Waals surface area contributed by atoms with Gasteiger partial charge in [-0.25, -0.2) is 9.59 Å². The second kappa shape index (κ2) is 16.3. The van der Waals surface area contributed by atoms with Gasteiger partial charge < -0.3 is 24.4 Å². The van der Waals surface area contributed by atoms with Crippen molar-refractivity contribution in [3.8, 4) is 0 Å². The van der Waals surface area contributed by atoms with Crippen LogP contribution in [0.4, 0.5) is 8.78 Å². The fourth-order valence-corrected chi connectivity index (χ4v) is 5.49. The Kier molecular flexibility index (Phi) is 13.9. The van der Waals surface area contributed by atoms with Crippen molar-refractivity contribution in [3.63, 3.8) is 0 Å². The van der Waals surface area contributed by atoms with Crippen LogP contribution < -0.4 is 0 Å². The molecule has 0 aliphatic heterocycles. The van der Waals surface area contributed by atoms with Crippen LogP contribution in [0.15, 0.2) is 24.3 Å². The molecule has 0 saturated heterocycles. The molecule has 2 aliphatic carbocycles. The maximum absolute atomic E-state index is 15.1. The summed E-state index contributed by atoms with van der Waals surface area (Å²) in [5.41, 5.74) is -0.213. The van der Waals surface area contributed by atoms with Gasteiger partial charge in [0.1, 0.15) is 0 Å². The minimum absolute atomic E-state index is 0.107. The van der Waals surface area contributed by atoms with Crippen LogP contribution in [-0.2, 0) is 23.8 Å². The zero-order valence-corrected chi connectivity index (χ0v) is 22.8. The Morgan fingerprint density at radius 1 is 0.868 bits per heavy atom. The Morgan fingerprint density at radius 2 is 1.39 bits per heavy atom. The van der Waals surface area contributed by atoms with E-state index in [-0.39, 0.29) is 43.1 Å². The van der Waals surface area contributed by atoms with Crippen molar-refractivity contribution < 1.29 is 42.8 Å². The zero-order chi connectivity index (χ0) is 28.1. The van der Waals surface area contributed by atoms with E-state index in [9.17, 15) is 9.59 Å². The largest absolute Gasteiger partial charge is 0.462 e. The molecule has 0 aromatic rings. The minimum Gasteiger partial charge on any atom is -0.462 e. The lowest BCUT2D eigenvalue weighted by Gasteiger charge is -2.38. The lowest BCUT2D eigenvalue weighted by Crippen LogP contribution is -2.40. The number of aliphatic hydroxyl groups is 2. The Labute approximate surface area is 225 Å². The number of ether oxygens (including phenoxy) is 3. The SMILES string of the molecule is C=C(CO)C(=O)OCC(COC(=O)C(=C)CO)C1CCC(C(F)(F)OC2CCC(CCCCC)CC2)CC1. The smallest absolute Gasteiger partial charge is 0.358 e. The molecule has 2 N–H and O–H groups in total. The van der Waals surface area contributed by atoms with E-state index in [1.807, 2.05) is 0 Å². The molecule has 0 aromatic heterocycles. The van der Waals surface area contributed by atoms with Gasteiger partial charge in [-0.05, 0) is 63.2 Å². The molecule has 9 heteroatoms. The predicted octanol–water partition coefficient (Wildman–Crippen LogP) is 5.34. The summed E-state index contributed by atoms with van der Waals surface area (Å²) in [6.07, 6.45) is 5.80. The number of alkyl halides is 2. The molecule has 0 heterocycles. The number of carbonyl (C=O) groups excluding carboxylic acids is 2. The Balaban J connectivity index is 1.88. The van der Waals surface area contributed by atoms with E-state index in [2.05, 4.69) is 20.1 Å². The van der Waals surface area contributed by atoms with Crippen molar-refractivity contribution in [1.29, 1.82) is 0 Å². The molecule has 0 unspecified atom stereocenters. The van der Waals surface area contributed by atoms with Crippen molar-refractivity contribution in [3.05, 3.63) is 24.3 Å². The highest BCUT2D eigenvalue weighted by molar-refractivity contribution is 5.88. The molecule has 0 radical (unpaired) electrons. The van der Waals surface area contributed by atoms with Crippen molar-refractivity contribution in [2.45, 2.75) is 96.2 Å². The minimum atomic E-state index is -3.20.